The van der Waals surface area contributed by atoms with Crippen LogP contribution in [0.5, 0.6) is 0 Å². The Morgan fingerprint density at radius 2 is 1.93 bits per heavy atom. The van der Waals surface area contributed by atoms with Gasteiger partial charge in [-0.15, -0.1) is 11.8 Å². The van der Waals surface area contributed by atoms with Crippen molar-refractivity contribution < 1.29 is 8.42 Å². The molecule has 0 saturated carbocycles. The van der Waals surface area contributed by atoms with Crippen molar-refractivity contribution in [3.05, 3.63) is 64.8 Å². The van der Waals surface area contributed by atoms with Crippen LogP contribution in [-0.2, 0) is 15.8 Å². The van der Waals surface area contributed by atoms with Crippen molar-refractivity contribution in [3.63, 3.8) is 0 Å². The lowest BCUT2D eigenvalue weighted by atomic mass is 10.4. The maximum atomic E-state index is 12.5. The quantitative estimate of drug-likeness (QED) is 0.562. The minimum absolute atomic E-state index is 0.134. The third-order valence-electron chi connectivity index (χ3n) is 4.04. The molecule has 3 rings (SSSR count). The molecule has 7 nitrogen and oxygen atoms in total. The number of nitrogens with zero attached hydrogens (tertiary/aromatic N) is 4. The highest BCUT2D eigenvalue weighted by Crippen LogP contribution is 2.22. The summed E-state index contributed by atoms with van der Waals surface area (Å²) >= 11 is 1.40. The Morgan fingerprint density at radius 1 is 1.15 bits per heavy atom. The molecule has 0 saturated heterocycles. The van der Waals surface area contributed by atoms with E-state index >= 15 is 0 Å². The van der Waals surface area contributed by atoms with Crippen molar-refractivity contribution in [2.24, 2.45) is 0 Å². The Balaban J connectivity index is 1.75. The molecular formula is C18H20N4O3S2. The summed E-state index contributed by atoms with van der Waals surface area (Å²) in [5.41, 5.74) is 1.11. The molecule has 0 unspecified atom stereocenters. The van der Waals surface area contributed by atoms with Gasteiger partial charge in [-0.25, -0.2) is 18.4 Å². The summed E-state index contributed by atoms with van der Waals surface area (Å²) in [6.07, 6.45) is 3.05. The van der Waals surface area contributed by atoms with Crippen LogP contribution in [0.4, 0.5) is 0 Å². The van der Waals surface area contributed by atoms with Gasteiger partial charge in [0.15, 0.2) is 0 Å². The minimum Gasteiger partial charge on any atom is -0.269 e. The molecule has 0 aromatic carbocycles. The Hall–Kier alpha value is -2.23. The fraction of sp³-hybridized carbons (Fsp3) is 0.278. The lowest BCUT2D eigenvalue weighted by Crippen LogP contribution is -2.30. The number of pyridine rings is 2. The molecule has 0 N–H and O–H groups in total. The average molecular weight is 405 g/mol. The molecule has 0 aliphatic carbocycles. The molecule has 0 aliphatic rings. The van der Waals surface area contributed by atoms with Crippen LogP contribution in [0.25, 0.3) is 5.65 Å². The van der Waals surface area contributed by atoms with Crippen molar-refractivity contribution in [2.45, 2.75) is 29.5 Å². The highest BCUT2D eigenvalue weighted by atomic mass is 32.2. The van der Waals surface area contributed by atoms with Crippen LogP contribution in [0.2, 0.25) is 0 Å². The molecule has 0 bridgehead atoms. The van der Waals surface area contributed by atoms with Gasteiger partial charge >= 0.3 is 0 Å². The Labute approximate surface area is 162 Å². The first kappa shape index (κ1) is 19.5. The van der Waals surface area contributed by atoms with Gasteiger partial charge in [-0.05, 0) is 24.3 Å². The van der Waals surface area contributed by atoms with E-state index in [1.165, 1.54) is 32.7 Å². The molecule has 0 spiro atoms. The van der Waals surface area contributed by atoms with Crippen molar-refractivity contribution in [3.8, 4) is 0 Å². The van der Waals surface area contributed by atoms with Crippen molar-refractivity contribution >= 4 is 27.4 Å². The van der Waals surface area contributed by atoms with E-state index in [2.05, 4.69) is 9.97 Å². The topological polar surface area (TPSA) is 84.6 Å². The van der Waals surface area contributed by atoms with E-state index in [9.17, 15) is 13.2 Å². The number of rotatable bonds is 7. The highest BCUT2D eigenvalue weighted by molar-refractivity contribution is 7.98. The monoisotopic (exact) mass is 404 g/mol. The molecule has 3 heterocycles. The molecule has 0 fully saturated rings. The van der Waals surface area contributed by atoms with E-state index in [0.717, 1.165) is 0 Å². The van der Waals surface area contributed by atoms with Gasteiger partial charge in [-0.1, -0.05) is 19.9 Å². The van der Waals surface area contributed by atoms with E-state index in [4.69, 9.17) is 0 Å². The summed E-state index contributed by atoms with van der Waals surface area (Å²) in [5, 5.41) is 0.670. The minimum atomic E-state index is -3.51. The fourth-order valence-electron chi connectivity index (χ4n) is 2.64. The van der Waals surface area contributed by atoms with Gasteiger partial charge in [0, 0.05) is 37.3 Å². The number of thioether (sulfide) groups is 1. The van der Waals surface area contributed by atoms with Gasteiger partial charge < -0.3 is 0 Å². The number of sulfonamides is 1. The van der Waals surface area contributed by atoms with E-state index in [1.807, 2.05) is 6.07 Å². The first-order valence-electron chi connectivity index (χ1n) is 8.52. The SMILES string of the molecule is CCN(CC)S(=O)(=O)c1ccc(SCc2cc(=O)n3ccccc3n2)nc1. The van der Waals surface area contributed by atoms with Crippen LogP contribution < -0.4 is 5.56 Å². The molecule has 0 aliphatic heterocycles. The normalized spacial score (nSPS) is 12.0. The fourth-order valence-corrected chi connectivity index (χ4v) is 4.78. The van der Waals surface area contributed by atoms with Gasteiger partial charge in [0.25, 0.3) is 5.56 Å². The largest absolute Gasteiger partial charge is 0.269 e. The third-order valence-corrected chi connectivity index (χ3v) is 7.06. The smallest absolute Gasteiger partial charge is 0.258 e. The second-order valence-electron chi connectivity index (χ2n) is 5.72. The van der Waals surface area contributed by atoms with E-state index < -0.39 is 10.0 Å². The summed E-state index contributed by atoms with van der Waals surface area (Å²) in [6.45, 7) is 4.44. The molecule has 27 heavy (non-hydrogen) atoms. The Morgan fingerprint density at radius 3 is 2.59 bits per heavy atom. The summed E-state index contributed by atoms with van der Waals surface area (Å²) < 4.78 is 27.8. The van der Waals surface area contributed by atoms with Gasteiger partial charge in [0.05, 0.1) is 10.7 Å². The van der Waals surface area contributed by atoms with Crippen LogP contribution >= 0.6 is 11.8 Å². The lowest BCUT2D eigenvalue weighted by molar-refractivity contribution is 0.445. The van der Waals surface area contributed by atoms with Crippen LogP contribution in [0.1, 0.15) is 19.5 Å². The molecule has 142 valence electrons. The zero-order valence-corrected chi connectivity index (χ0v) is 16.7. The van der Waals surface area contributed by atoms with Gasteiger partial charge in [0.1, 0.15) is 10.5 Å². The number of fused-ring (bicyclic) bond motifs is 1. The van der Waals surface area contributed by atoms with E-state index in [1.54, 1.807) is 44.3 Å². The molecule has 0 amide bonds. The van der Waals surface area contributed by atoms with Crippen LogP contribution in [-0.4, -0.2) is 40.2 Å². The zero-order chi connectivity index (χ0) is 19.4. The van der Waals surface area contributed by atoms with Crippen LogP contribution in [0.15, 0.2) is 63.5 Å². The number of aromatic nitrogens is 3. The molecule has 9 heteroatoms. The van der Waals surface area contributed by atoms with Crippen LogP contribution in [0.3, 0.4) is 0 Å². The summed E-state index contributed by atoms with van der Waals surface area (Å²) in [5.74, 6) is 0.468. The summed E-state index contributed by atoms with van der Waals surface area (Å²) in [6, 6.07) is 10.1. The number of hydrogen-bond donors (Lipinski definition) is 0. The molecule has 3 aromatic rings. The highest BCUT2D eigenvalue weighted by Gasteiger charge is 2.21. The maximum Gasteiger partial charge on any atom is 0.258 e. The molecule has 0 atom stereocenters. The first-order chi connectivity index (χ1) is 13.0. The zero-order valence-electron chi connectivity index (χ0n) is 15.1. The van der Waals surface area contributed by atoms with Crippen molar-refractivity contribution in [2.75, 3.05) is 13.1 Å². The maximum absolute atomic E-state index is 12.5. The van der Waals surface area contributed by atoms with Gasteiger partial charge in [-0.2, -0.15) is 4.31 Å². The van der Waals surface area contributed by atoms with E-state index in [-0.39, 0.29) is 10.5 Å². The summed E-state index contributed by atoms with van der Waals surface area (Å²) in [7, 11) is -3.51. The van der Waals surface area contributed by atoms with Crippen molar-refractivity contribution in [1.82, 2.24) is 18.7 Å². The predicted molar refractivity (Wildman–Crippen MR) is 105 cm³/mol. The van der Waals surface area contributed by atoms with Crippen molar-refractivity contribution in [1.29, 1.82) is 0 Å². The second-order valence-corrected chi connectivity index (χ2v) is 8.66. The lowest BCUT2D eigenvalue weighted by Gasteiger charge is -2.18. The molecule has 0 radical (unpaired) electrons. The standard InChI is InChI=1S/C18H20N4O3S2/c1-3-21(4-2)27(24,25)15-8-9-17(19-12-15)26-13-14-11-18(23)22-10-6-5-7-16(22)20-14/h5-12H,3-4,13H2,1-2H3. The van der Waals surface area contributed by atoms with Gasteiger partial charge in [0.2, 0.25) is 10.0 Å². The van der Waals surface area contributed by atoms with E-state index in [0.29, 0.717) is 35.2 Å². The molecular weight excluding hydrogens is 384 g/mol. The number of hydrogen-bond acceptors (Lipinski definition) is 6. The van der Waals surface area contributed by atoms with Crippen LogP contribution in [0, 0.1) is 0 Å². The third kappa shape index (κ3) is 4.20. The summed E-state index contributed by atoms with van der Waals surface area (Å²) in [4.78, 5) is 21.0. The second kappa shape index (κ2) is 8.20. The first-order valence-corrected chi connectivity index (χ1v) is 10.9. The Kier molecular flexibility index (Phi) is 5.93. The molecule has 3 aromatic heterocycles. The predicted octanol–water partition coefficient (Wildman–Crippen LogP) is 2.41. The average Bonchev–Trinajstić information content (AvgIpc) is 2.67. The Bertz CT molecular complexity index is 1090. The van der Waals surface area contributed by atoms with Gasteiger partial charge in [-0.3, -0.25) is 9.20 Å².